The minimum atomic E-state index is -6.33. The summed E-state index contributed by atoms with van der Waals surface area (Å²) in [4.78, 5) is 0. The first-order valence-corrected chi connectivity index (χ1v) is 8.77. The second kappa shape index (κ2) is 8.97. The summed E-state index contributed by atoms with van der Waals surface area (Å²) in [5.41, 5.74) is -14.9. The smallest absolute Gasteiger partial charge is 0.529 e. The van der Waals surface area contributed by atoms with Crippen molar-refractivity contribution in [1.82, 2.24) is 0 Å². The van der Waals surface area contributed by atoms with Crippen LogP contribution in [0.1, 0.15) is 11.1 Å². The number of benzene rings is 2. The molecule has 0 unspecified atom stereocenters. The van der Waals surface area contributed by atoms with Crippen molar-refractivity contribution in [2.24, 2.45) is 0 Å². The summed E-state index contributed by atoms with van der Waals surface area (Å²) in [6.07, 6.45) is -25.3. The van der Waals surface area contributed by atoms with E-state index in [2.05, 4.69) is 0 Å². The molecule has 0 aliphatic carbocycles. The molecule has 2 aromatic rings. The molecule has 0 aliphatic heterocycles. The van der Waals surface area contributed by atoms with Crippen molar-refractivity contribution in [3.8, 4) is 11.5 Å². The zero-order chi connectivity index (χ0) is 27.1. The maximum atomic E-state index is 13.9. The van der Waals surface area contributed by atoms with Crippen molar-refractivity contribution in [3.05, 3.63) is 59.7 Å². The SMILES string of the molecule is FC(F)(F)C(F)(c1ccc(OBOc2ccc(C(F)(C(F)(F)F)C(F)(F)F)cc2)cc1)C(F)(F)F. The van der Waals surface area contributed by atoms with Crippen LogP contribution in [0.3, 0.4) is 0 Å². The van der Waals surface area contributed by atoms with Crippen molar-refractivity contribution in [2.75, 3.05) is 0 Å². The number of rotatable bonds is 6. The summed E-state index contributed by atoms with van der Waals surface area (Å²) in [5, 5.41) is 0. The lowest BCUT2D eigenvalue weighted by Crippen LogP contribution is -2.50. The van der Waals surface area contributed by atoms with Crippen molar-refractivity contribution in [3.63, 3.8) is 0 Å². The molecule has 0 spiro atoms. The first-order valence-electron chi connectivity index (χ1n) is 8.77. The minimum absolute atomic E-state index is 0.139. The van der Waals surface area contributed by atoms with E-state index in [4.69, 9.17) is 9.31 Å². The van der Waals surface area contributed by atoms with E-state index in [-0.39, 0.29) is 24.3 Å². The van der Waals surface area contributed by atoms with Gasteiger partial charge in [0, 0.05) is 11.1 Å². The average Bonchev–Trinajstić information content (AvgIpc) is 2.70. The van der Waals surface area contributed by atoms with Crippen LogP contribution in [-0.4, -0.2) is 32.4 Å². The second-order valence-corrected chi connectivity index (χ2v) is 6.76. The van der Waals surface area contributed by atoms with Gasteiger partial charge in [-0.05, 0) is 24.3 Å². The van der Waals surface area contributed by atoms with Crippen LogP contribution in [0.25, 0.3) is 0 Å². The molecule has 0 N–H and O–H groups in total. The molecule has 0 amide bonds. The van der Waals surface area contributed by atoms with Gasteiger partial charge in [0.2, 0.25) is 0 Å². The largest absolute Gasteiger partial charge is 0.576 e. The van der Waals surface area contributed by atoms with Gasteiger partial charge in [-0.1, -0.05) is 24.3 Å². The summed E-state index contributed by atoms with van der Waals surface area (Å²) in [6, 6.07) is 2.66. The Morgan fingerprint density at radius 1 is 0.400 bits per heavy atom. The van der Waals surface area contributed by atoms with Crippen LogP contribution in [0.5, 0.6) is 11.5 Å². The predicted molar refractivity (Wildman–Crippen MR) is 91.1 cm³/mol. The predicted octanol–water partition coefficient (Wildman–Crippen LogP) is 6.99. The molecular weight excluding hydrogens is 525 g/mol. The van der Waals surface area contributed by atoms with Gasteiger partial charge in [0.15, 0.2) is 0 Å². The van der Waals surface area contributed by atoms with E-state index in [0.717, 1.165) is 0 Å². The Hall–Kier alpha value is -2.88. The van der Waals surface area contributed by atoms with Gasteiger partial charge < -0.3 is 9.31 Å². The fourth-order valence-corrected chi connectivity index (χ4v) is 2.70. The van der Waals surface area contributed by atoms with Crippen LogP contribution in [0, 0.1) is 0 Å². The van der Waals surface area contributed by atoms with Gasteiger partial charge >= 0.3 is 43.7 Å². The Labute approximate surface area is 186 Å². The third-order valence-corrected chi connectivity index (χ3v) is 4.52. The fraction of sp³-hybridized carbons (Fsp3) is 0.333. The molecule has 0 aliphatic rings. The van der Waals surface area contributed by atoms with Crippen molar-refractivity contribution >= 4 is 7.69 Å². The van der Waals surface area contributed by atoms with Crippen molar-refractivity contribution in [1.29, 1.82) is 0 Å². The molecule has 0 saturated heterocycles. The Morgan fingerprint density at radius 3 is 0.829 bits per heavy atom. The summed E-state index contributed by atoms with van der Waals surface area (Å²) in [7, 11) is -0.892. The third-order valence-electron chi connectivity index (χ3n) is 4.52. The first-order chi connectivity index (χ1) is 15.7. The fourth-order valence-electron chi connectivity index (χ4n) is 2.70. The van der Waals surface area contributed by atoms with Gasteiger partial charge in [0.25, 0.3) is 0 Å². The van der Waals surface area contributed by atoms with Crippen molar-refractivity contribution < 1.29 is 70.8 Å². The molecular formula is C18H9BF14O2. The number of alkyl halides is 14. The molecule has 0 aromatic heterocycles. The van der Waals surface area contributed by atoms with Crippen molar-refractivity contribution in [2.45, 2.75) is 36.0 Å². The summed E-state index contributed by atoms with van der Waals surface area (Å²) >= 11 is 0. The highest BCUT2D eigenvalue weighted by Crippen LogP contribution is 2.54. The van der Waals surface area contributed by atoms with E-state index in [1.165, 1.54) is 0 Å². The Bertz CT molecular complexity index is 881. The topological polar surface area (TPSA) is 18.5 Å². The normalized spacial score (nSPS) is 14.0. The van der Waals surface area contributed by atoms with Gasteiger partial charge in [0.05, 0.1) is 0 Å². The van der Waals surface area contributed by atoms with Gasteiger partial charge in [0.1, 0.15) is 11.5 Å². The number of hydrogen-bond acceptors (Lipinski definition) is 2. The highest BCUT2D eigenvalue weighted by molar-refractivity contribution is 6.20. The molecule has 2 aromatic carbocycles. The highest BCUT2D eigenvalue weighted by Gasteiger charge is 2.74. The molecule has 17 heteroatoms. The standard InChI is InChI=1S/C18H9BF14O2/c20-13(15(22,23)24,16(25,26)27)9-1-5-11(6-2-9)34-19-35-12-7-3-10(4-8-12)14(21,17(28,29)30)18(31,32)33/h1-8,19H. The lowest BCUT2D eigenvalue weighted by Gasteiger charge is -2.30. The molecule has 2 rings (SSSR count). The quantitative estimate of drug-likeness (QED) is 0.294. The molecule has 0 heterocycles. The van der Waals surface area contributed by atoms with Crippen LogP contribution >= 0.6 is 0 Å². The van der Waals surface area contributed by atoms with Crippen LogP contribution in [0.2, 0.25) is 0 Å². The molecule has 0 radical (unpaired) electrons. The van der Waals surface area contributed by atoms with E-state index in [1.807, 2.05) is 0 Å². The second-order valence-electron chi connectivity index (χ2n) is 6.76. The Kier molecular flexibility index (Phi) is 7.27. The van der Waals surface area contributed by atoms with Crippen LogP contribution < -0.4 is 9.31 Å². The summed E-state index contributed by atoms with van der Waals surface area (Å²) in [5.74, 6) is -0.872. The number of halogens is 14. The highest BCUT2D eigenvalue weighted by atomic mass is 19.4. The van der Waals surface area contributed by atoms with Crippen LogP contribution in [0.15, 0.2) is 48.5 Å². The van der Waals surface area contributed by atoms with E-state index in [0.29, 0.717) is 24.3 Å². The van der Waals surface area contributed by atoms with Gasteiger partial charge in [-0.3, -0.25) is 0 Å². The molecule has 0 saturated carbocycles. The average molecular weight is 534 g/mol. The van der Waals surface area contributed by atoms with E-state index in [9.17, 15) is 61.5 Å². The molecule has 0 fully saturated rings. The molecule has 2 nitrogen and oxygen atoms in total. The maximum Gasteiger partial charge on any atom is 0.576 e. The van der Waals surface area contributed by atoms with Crippen LogP contribution in [0.4, 0.5) is 61.5 Å². The lowest BCUT2D eigenvalue weighted by molar-refractivity contribution is -0.349. The Morgan fingerprint density at radius 2 is 0.629 bits per heavy atom. The minimum Gasteiger partial charge on any atom is -0.529 e. The first kappa shape index (κ1) is 28.4. The van der Waals surface area contributed by atoms with E-state index in [1.54, 1.807) is 0 Å². The van der Waals surface area contributed by atoms with Gasteiger partial charge in [-0.25, -0.2) is 8.78 Å². The maximum absolute atomic E-state index is 13.9. The molecule has 0 atom stereocenters. The molecule has 35 heavy (non-hydrogen) atoms. The van der Waals surface area contributed by atoms with E-state index < -0.39 is 66.4 Å². The monoisotopic (exact) mass is 534 g/mol. The van der Waals surface area contributed by atoms with Gasteiger partial charge in [-0.15, -0.1) is 0 Å². The van der Waals surface area contributed by atoms with Gasteiger partial charge in [-0.2, -0.15) is 52.7 Å². The molecule has 0 bridgehead atoms. The zero-order valence-corrected chi connectivity index (χ0v) is 16.4. The zero-order valence-electron chi connectivity index (χ0n) is 16.4. The van der Waals surface area contributed by atoms with Crippen LogP contribution in [-0.2, 0) is 11.3 Å². The number of hydrogen-bond donors (Lipinski definition) is 0. The third kappa shape index (κ3) is 5.22. The Balaban J connectivity index is 2.11. The summed E-state index contributed by atoms with van der Waals surface area (Å²) < 4.78 is 190. The van der Waals surface area contributed by atoms with E-state index >= 15 is 0 Å². The summed E-state index contributed by atoms with van der Waals surface area (Å²) in [6.45, 7) is 0. The lowest BCUT2D eigenvalue weighted by atomic mass is 9.94. The molecule has 194 valence electrons.